The van der Waals surface area contributed by atoms with E-state index < -0.39 is 32.1 Å². The number of carbonyl (C=O) groups is 1. The number of hydrogen-bond acceptors (Lipinski definition) is 7. The van der Waals surface area contributed by atoms with Crippen LogP contribution in [-0.4, -0.2) is 84.6 Å². The van der Waals surface area contributed by atoms with Crippen molar-refractivity contribution in [3.8, 4) is 5.75 Å². The van der Waals surface area contributed by atoms with Gasteiger partial charge in [0.25, 0.3) is 5.91 Å². The van der Waals surface area contributed by atoms with E-state index in [1.165, 1.54) is 17.4 Å². The Balaban J connectivity index is 1.72. The quantitative estimate of drug-likeness (QED) is 0.520. The number of aryl methyl sites for hydroxylation is 1. The summed E-state index contributed by atoms with van der Waals surface area (Å²) in [6, 6.07) is 11.2. The molecule has 1 N–H and O–H groups in total. The van der Waals surface area contributed by atoms with Crippen molar-refractivity contribution in [1.29, 1.82) is 0 Å². The first-order valence-corrected chi connectivity index (χ1v) is 14.9. The van der Waals surface area contributed by atoms with Crippen molar-refractivity contribution in [2.45, 2.75) is 31.3 Å². The molecule has 3 rings (SSSR count). The van der Waals surface area contributed by atoms with Crippen molar-refractivity contribution >= 4 is 37.3 Å². The summed E-state index contributed by atoms with van der Waals surface area (Å²) in [6.45, 7) is 5.69. The Kier molecular flexibility index (Phi) is 8.65. The zero-order valence-electron chi connectivity index (χ0n) is 21.3. The fraction of sp³-hybridized carbons (Fsp3) is 0.458. The van der Waals surface area contributed by atoms with Crippen LogP contribution in [-0.2, 0) is 24.8 Å². The molecule has 1 saturated heterocycles. The summed E-state index contributed by atoms with van der Waals surface area (Å²) in [5, 5.41) is 2.77. The van der Waals surface area contributed by atoms with Gasteiger partial charge in [0, 0.05) is 38.9 Å². The average Bonchev–Trinajstić information content (AvgIpc) is 2.83. The number of carbonyl (C=O) groups excluding carboxylic acids is 1. The number of hydrogen-bond donors (Lipinski definition) is 1. The molecular formula is C24H34N4O6S2. The lowest BCUT2D eigenvalue weighted by molar-refractivity contribution is -0.122. The minimum absolute atomic E-state index is 0.171. The van der Waals surface area contributed by atoms with Crippen molar-refractivity contribution in [2.75, 3.05) is 56.2 Å². The van der Waals surface area contributed by atoms with Crippen LogP contribution in [0, 0.1) is 6.92 Å². The lowest BCUT2D eigenvalue weighted by Crippen LogP contribution is -2.47. The third kappa shape index (κ3) is 6.55. The molecule has 36 heavy (non-hydrogen) atoms. The molecule has 0 radical (unpaired) electrons. The molecule has 1 fully saturated rings. The molecule has 1 unspecified atom stereocenters. The van der Waals surface area contributed by atoms with E-state index in [9.17, 15) is 21.6 Å². The second-order valence-electron chi connectivity index (χ2n) is 8.92. The van der Waals surface area contributed by atoms with E-state index in [1.54, 1.807) is 50.2 Å². The maximum Gasteiger partial charge on any atom is 0.265 e. The number of piperazine rings is 1. The highest BCUT2D eigenvalue weighted by Crippen LogP contribution is 2.26. The number of nitrogens with one attached hydrogen (secondary N) is 1. The summed E-state index contributed by atoms with van der Waals surface area (Å²) >= 11 is 0. The number of anilines is 2. The van der Waals surface area contributed by atoms with Gasteiger partial charge in [-0.05, 0) is 62.4 Å². The van der Waals surface area contributed by atoms with Gasteiger partial charge in [0.1, 0.15) is 5.75 Å². The summed E-state index contributed by atoms with van der Waals surface area (Å²) in [4.78, 5) is 15.2. The van der Waals surface area contributed by atoms with Crippen LogP contribution < -0.4 is 14.4 Å². The Bertz CT molecular complexity index is 1290. The van der Waals surface area contributed by atoms with E-state index in [1.807, 2.05) is 7.05 Å². The van der Waals surface area contributed by atoms with Crippen LogP contribution in [0.15, 0.2) is 47.4 Å². The van der Waals surface area contributed by atoms with E-state index in [4.69, 9.17) is 4.74 Å². The Morgan fingerprint density at radius 2 is 1.67 bits per heavy atom. The third-order valence-electron chi connectivity index (χ3n) is 6.18. The second-order valence-corrected chi connectivity index (χ2v) is 12.8. The highest BCUT2D eigenvalue weighted by Gasteiger charge is 2.29. The highest BCUT2D eigenvalue weighted by molar-refractivity contribution is 7.92. The lowest BCUT2D eigenvalue weighted by atomic mass is 10.2. The van der Waals surface area contributed by atoms with Crippen molar-refractivity contribution in [3.05, 3.63) is 48.0 Å². The predicted molar refractivity (Wildman–Crippen MR) is 140 cm³/mol. The Labute approximate surface area is 213 Å². The summed E-state index contributed by atoms with van der Waals surface area (Å²) in [5.41, 5.74) is 1.44. The predicted octanol–water partition coefficient (Wildman–Crippen LogP) is 2.12. The molecule has 0 saturated carbocycles. The van der Waals surface area contributed by atoms with E-state index in [2.05, 4.69) is 10.2 Å². The first-order valence-electron chi connectivity index (χ1n) is 11.6. The topological polar surface area (TPSA) is 116 Å². The smallest absolute Gasteiger partial charge is 0.265 e. The molecule has 1 heterocycles. The number of rotatable bonds is 9. The third-order valence-corrected chi connectivity index (χ3v) is 9.42. The van der Waals surface area contributed by atoms with Gasteiger partial charge < -0.3 is 15.0 Å². The minimum atomic E-state index is -3.69. The number of likely N-dealkylation sites (N-methyl/N-ethyl adjacent to an activating group) is 1. The maximum atomic E-state index is 13.3. The normalized spacial score (nSPS) is 16.4. The fourth-order valence-electron chi connectivity index (χ4n) is 3.76. The van der Waals surface area contributed by atoms with E-state index in [0.29, 0.717) is 55.3 Å². The number of amides is 1. The minimum Gasteiger partial charge on any atom is -0.481 e. The van der Waals surface area contributed by atoms with Crippen molar-refractivity contribution in [3.63, 3.8) is 0 Å². The molecule has 1 atom stereocenters. The molecule has 1 aliphatic heterocycles. The van der Waals surface area contributed by atoms with Gasteiger partial charge >= 0.3 is 0 Å². The maximum absolute atomic E-state index is 13.3. The first-order chi connectivity index (χ1) is 16.8. The van der Waals surface area contributed by atoms with Crippen LogP contribution in [0.2, 0.25) is 0 Å². The fourth-order valence-corrected chi connectivity index (χ4v) is 5.94. The molecule has 198 valence electrons. The first kappa shape index (κ1) is 27.9. The number of sulfonamides is 2. The Morgan fingerprint density at radius 1 is 1.06 bits per heavy atom. The van der Waals surface area contributed by atoms with Gasteiger partial charge in [-0.3, -0.25) is 9.10 Å². The second kappa shape index (κ2) is 11.2. The molecule has 12 heteroatoms. The molecule has 2 aromatic rings. The molecular weight excluding hydrogens is 504 g/mol. The number of ether oxygens (including phenoxy) is 1. The number of benzene rings is 2. The molecule has 0 aromatic heterocycles. The van der Waals surface area contributed by atoms with Gasteiger partial charge in [-0.25, -0.2) is 16.8 Å². The van der Waals surface area contributed by atoms with Crippen LogP contribution >= 0.6 is 0 Å². The van der Waals surface area contributed by atoms with Crippen molar-refractivity contribution < 1.29 is 26.4 Å². The standard InChI is InChI=1S/C24H34N4O6S2/c1-6-22(34-21-11-9-20(10-12-21)27(4)35(5,30)31)24(29)25-19-8-7-18(2)23(17-19)36(32,33)28-15-13-26(3)14-16-28/h7-12,17,22H,6,13-16H2,1-5H3,(H,25,29). The molecule has 0 bridgehead atoms. The summed E-state index contributed by atoms with van der Waals surface area (Å²) in [6.07, 6.45) is 0.652. The van der Waals surface area contributed by atoms with Gasteiger partial charge in [-0.1, -0.05) is 13.0 Å². The van der Waals surface area contributed by atoms with Gasteiger partial charge in [0.05, 0.1) is 16.8 Å². The summed E-state index contributed by atoms with van der Waals surface area (Å²) in [7, 11) is -3.67. The number of nitrogens with zero attached hydrogens (tertiary/aromatic N) is 3. The molecule has 0 spiro atoms. The molecule has 10 nitrogen and oxygen atoms in total. The van der Waals surface area contributed by atoms with Crippen LogP contribution in [0.25, 0.3) is 0 Å². The van der Waals surface area contributed by atoms with Gasteiger partial charge in [0.2, 0.25) is 20.0 Å². The van der Waals surface area contributed by atoms with Gasteiger partial charge in [-0.15, -0.1) is 0 Å². The Morgan fingerprint density at radius 3 is 2.22 bits per heavy atom. The summed E-state index contributed by atoms with van der Waals surface area (Å²) in [5.74, 6) is -0.00785. The Hall–Kier alpha value is -2.67. The van der Waals surface area contributed by atoms with Crippen LogP contribution in [0.5, 0.6) is 5.75 Å². The van der Waals surface area contributed by atoms with E-state index >= 15 is 0 Å². The van der Waals surface area contributed by atoms with E-state index in [0.717, 1.165) is 10.6 Å². The zero-order chi connectivity index (χ0) is 26.7. The zero-order valence-corrected chi connectivity index (χ0v) is 22.9. The largest absolute Gasteiger partial charge is 0.481 e. The monoisotopic (exact) mass is 538 g/mol. The molecule has 1 amide bonds. The van der Waals surface area contributed by atoms with E-state index in [-0.39, 0.29) is 4.90 Å². The average molecular weight is 539 g/mol. The lowest BCUT2D eigenvalue weighted by Gasteiger charge is -2.32. The van der Waals surface area contributed by atoms with Crippen molar-refractivity contribution in [1.82, 2.24) is 9.21 Å². The van der Waals surface area contributed by atoms with Crippen LogP contribution in [0.4, 0.5) is 11.4 Å². The SMILES string of the molecule is CCC(Oc1ccc(N(C)S(C)(=O)=O)cc1)C(=O)Nc1ccc(C)c(S(=O)(=O)N2CCN(C)CC2)c1. The molecule has 0 aliphatic carbocycles. The van der Waals surface area contributed by atoms with Gasteiger partial charge in [0.15, 0.2) is 6.10 Å². The van der Waals surface area contributed by atoms with Crippen LogP contribution in [0.3, 0.4) is 0 Å². The summed E-state index contributed by atoms with van der Waals surface area (Å²) < 4.78 is 58.4. The van der Waals surface area contributed by atoms with Gasteiger partial charge in [-0.2, -0.15) is 4.31 Å². The molecule has 1 aliphatic rings. The molecule has 2 aromatic carbocycles. The van der Waals surface area contributed by atoms with Crippen molar-refractivity contribution in [2.24, 2.45) is 0 Å². The highest BCUT2D eigenvalue weighted by atomic mass is 32.2. The van der Waals surface area contributed by atoms with Crippen LogP contribution in [0.1, 0.15) is 18.9 Å².